The predicted octanol–water partition coefficient (Wildman–Crippen LogP) is 1.94. The van der Waals surface area contributed by atoms with E-state index in [1.54, 1.807) is 18.3 Å². The number of aryl methyl sites for hydroxylation is 1. The predicted molar refractivity (Wildman–Crippen MR) is 71.3 cm³/mol. The number of hydrazine groups is 1. The molecule has 2 rings (SSSR count). The first-order valence-electron chi connectivity index (χ1n) is 6.42. The van der Waals surface area contributed by atoms with Gasteiger partial charge in [0.15, 0.2) is 0 Å². The van der Waals surface area contributed by atoms with Gasteiger partial charge in [-0.3, -0.25) is 4.98 Å². The van der Waals surface area contributed by atoms with Crippen LogP contribution in [0.4, 0.5) is 10.5 Å². The molecule has 1 N–H and O–H groups in total. The maximum absolute atomic E-state index is 12.4. The quantitative estimate of drug-likeness (QED) is 0.814. The first-order valence-corrected chi connectivity index (χ1v) is 6.42. The zero-order chi connectivity index (χ0) is 13.0. The molecule has 1 aliphatic heterocycles. The molecule has 0 aromatic carbocycles. The van der Waals surface area contributed by atoms with Gasteiger partial charge >= 0.3 is 6.03 Å². The topological polar surface area (TPSA) is 48.5 Å². The summed E-state index contributed by atoms with van der Waals surface area (Å²) in [5.74, 6) is 0. The molecule has 1 aromatic rings. The number of urea groups is 1. The summed E-state index contributed by atoms with van der Waals surface area (Å²) in [4.78, 5) is 18.6. The Kier molecular flexibility index (Phi) is 4.15. The molecule has 5 nitrogen and oxygen atoms in total. The van der Waals surface area contributed by atoms with Gasteiger partial charge in [-0.15, -0.1) is 0 Å². The third-order valence-corrected chi connectivity index (χ3v) is 3.26. The highest BCUT2D eigenvalue weighted by Gasteiger charge is 2.24. The number of carbonyl (C=O) groups is 1. The Morgan fingerprint density at radius 1 is 1.39 bits per heavy atom. The summed E-state index contributed by atoms with van der Waals surface area (Å²) in [6.45, 7) is 3.59. The number of anilines is 1. The van der Waals surface area contributed by atoms with Gasteiger partial charge < -0.3 is 4.90 Å². The van der Waals surface area contributed by atoms with Crippen LogP contribution in [0.3, 0.4) is 0 Å². The van der Waals surface area contributed by atoms with E-state index in [1.807, 2.05) is 24.0 Å². The van der Waals surface area contributed by atoms with Crippen molar-refractivity contribution in [2.75, 3.05) is 25.1 Å². The molecule has 2 amide bonds. The van der Waals surface area contributed by atoms with E-state index < -0.39 is 0 Å². The highest BCUT2D eigenvalue weighted by molar-refractivity contribution is 5.91. The van der Waals surface area contributed by atoms with Crippen molar-refractivity contribution in [3.05, 3.63) is 24.0 Å². The Morgan fingerprint density at radius 3 is 2.72 bits per heavy atom. The Balaban J connectivity index is 2.17. The lowest BCUT2D eigenvalue weighted by molar-refractivity contribution is 0.191. The molecule has 18 heavy (non-hydrogen) atoms. The van der Waals surface area contributed by atoms with Crippen molar-refractivity contribution in [3.63, 3.8) is 0 Å². The SMILES string of the molecule is CNN(C(=O)N1CCCCC1)c1cccnc1C. The number of rotatable bonds is 2. The highest BCUT2D eigenvalue weighted by Crippen LogP contribution is 2.18. The summed E-state index contributed by atoms with van der Waals surface area (Å²) in [6.07, 6.45) is 5.14. The fourth-order valence-corrected chi connectivity index (χ4v) is 2.26. The average Bonchev–Trinajstić information content (AvgIpc) is 2.42. The summed E-state index contributed by atoms with van der Waals surface area (Å²) in [7, 11) is 1.76. The van der Waals surface area contributed by atoms with Crippen LogP contribution in [0.15, 0.2) is 18.3 Å². The van der Waals surface area contributed by atoms with Gasteiger partial charge in [0.2, 0.25) is 0 Å². The Morgan fingerprint density at radius 2 is 2.11 bits per heavy atom. The average molecular weight is 248 g/mol. The van der Waals surface area contributed by atoms with Gasteiger partial charge in [-0.05, 0) is 38.3 Å². The molecule has 1 fully saturated rings. The van der Waals surface area contributed by atoms with E-state index in [9.17, 15) is 4.79 Å². The van der Waals surface area contributed by atoms with E-state index in [0.29, 0.717) is 0 Å². The first kappa shape index (κ1) is 12.8. The Labute approximate surface area is 108 Å². The van der Waals surface area contributed by atoms with E-state index in [-0.39, 0.29) is 6.03 Å². The van der Waals surface area contributed by atoms with Gasteiger partial charge in [0.05, 0.1) is 11.4 Å². The van der Waals surface area contributed by atoms with Gasteiger partial charge in [0.25, 0.3) is 0 Å². The fraction of sp³-hybridized carbons (Fsp3) is 0.538. The molecule has 1 saturated heterocycles. The molecular formula is C13H20N4O. The molecule has 0 unspecified atom stereocenters. The minimum Gasteiger partial charge on any atom is -0.323 e. The number of amides is 2. The molecule has 0 saturated carbocycles. The summed E-state index contributed by atoms with van der Waals surface area (Å²) in [5, 5.41) is 1.58. The molecule has 0 bridgehead atoms. The summed E-state index contributed by atoms with van der Waals surface area (Å²) in [5.41, 5.74) is 4.62. The van der Waals surface area contributed by atoms with Crippen molar-refractivity contribution < 1.29 is 4.79 Å². The van der Waals surface area contributed by atoms with Crippen molar-refractivity contribution in [2.24, 2.45) is 0 Å². The monoisotopic (exact) mass is 248 g/mol. The zero-order valence-corrected chi connectivity index (χ0v) is 11.0. The lowest BCUT2D eigenvalue weighted by Gasteiger charge is -2.32. The smallest absolute Gasteiger partial charge is 0.323 e. The van der Waals surface area contributed by atoms with E-state index in [2.05, 4.69) is 10.4 Å². The van der Waals surface area contributed by atoms with E-state index >= 15 is 0 Å². The Hall–Kier alpha value is -1.62. The van der Waals surface area contributed by atoms with Crippen molar-refractivity contribution >= 4 is 11.7 Å². The molecule has 2 heterocycles. The maximum atomic E-state index is 12.4. The minimum atomic E-state index is 0.00769. The van der Waals surface area contributed by atoms with Crippen molar-refractivity contribution in [1.82, 2.24) is 15.3 Å². The molecule has 1 aliphatic rings. The lowest BCUT2D eigenvalue weighted by Crippen LogP contribution is -2.50. The van der Waals surface area contributed by atoms with E-state index in [0.717, 1.165) is 37.3 Å². The van der Waals surface area contributed by atoms with Crippen molar-refractivity contribution in [3.8, 4) is 0 Å². The van der Waals surface area contributed by atoms with Crippen LogP contribution in [0, 0.1) is 6.92 Å². The number of nitrogens with one attached hydrogen (secondary N) is 1. The van der Waals surface area contributed by atoms with Crippen LogP contribution in [0.5, 0.6) is 0 Å². The highest BCUT2D eigenvalue weighted by atomic mass is 16.2. The minimum absolute atomic E-state index is 0.00769. The van der Waals surface area contributed by atoms with Crippen LogP contribution in [0.1, 0.15) is 25.0 Å². The summed E-state index contributed by atoms with van der Waals surface area (Å²) < 4.78 is 0. The molecule has 0 aliphatic carbocycles. The van der Waals surface area contributed by atoms with Crippen LogP contribution >= 0.6 is 0 Å². The molecule has 0 spiro atoms. The van der Waals surface area contributed by atoms with E-state index in [4.69, 9.17) is 0 Å². The van der Waals surface area contributed by atoms with Gasteiger partial charge in [0.1, 0.15) is 0 Å². The van der Waals surface area contributed by atoms with Crippen LogP contribution in [-0.2, 0) is 0 Å². The van der Waals surface area contributed by atoms with Crippen LogP contribution < -0.4 is 10.4 Å². The lowest BCUT2D eigenvalue weighted by atomic mass is 10.1. The maximum Gasteiger partial charge on any atom is 0.339 e. The molecule has 98 valence electrons. The molecule has 0 radical (unpaired) electrons. The third-order valence-electron chi connectivity index (χ3n) is 3.26. The molecule has 5 heteroatoms. The fourth-order valence-electron chi connectivity index (χ4n) is 2.26. The normalized spacial score (nSPS) is 15.6. The molecule has 1 aromatic heterocycles. The number of hydrogen-bond donors (Lipinski definition) is 1. The number of likely N-dealkylation sites (tertiary alicyclic amines) is 1. The number of carbonyl (C=O) groups excluding carboxylic acids is 1. The van der Waals surface area contributed by atoms with Gasteiger partial charge in [0, 0.05) is 26.3 Å². The van der Waals surface area contributed by atoms with Crippen molar-refractivity contribution in [1.29, 1.82) is 0 Å². The van der Waals surface area contributed by atoms with E-state index in [1.165, 1.54) is 6.42 Å². The van der Waals surface area contributed by atoms with Gasteiger partial charge in [-0.1, -0.05) is 0 Å². The number of pyridine rings is 1. The first-order chi connectivity index (χ1) is 8.74. The molecular weight excluding hydrogens is 228 g/mol. The second-order valence-corrected chi connectivity index (χ2v) is 4.50. The second-order valence-electron chi connectivity index (χ2n) is 4.50. The summed E-state index contributed by atoms with van der Waals surface area (Å²) >= 11 is 0. The molecule has 0 atom stereocenters. The number of aromatic nitrogens is 1. The van der Waals surface area contributed by atoms with Crippen LogP contribution in [0.25, 0.3) is 0 Å². The summed E-state index contributed by atoms with van der Waals surface area (Å²) in [6, 6.07) is 3.75. The van der Waals surface area contributed by atoms with Crippen LogP contribution in [0.2, 0.25) is 0 Å². The zero-order valence-electron chi connectivity index (χ0n) is 11.0. The number of nitrogens with zero attached hydrogens (tertiary/aromatic N) is 3. The number of hydrogen-bond acceptors (Lipinski definition) is 3. The standard InChI is InChI=1S/C13H20N4O/c1-11-12(7-6-8-15-11)17(14-2)13(18)16-9-4-3-5-10-16/h6-8,14H,3-5,9-10H2,1-2H3. The van der Waals surface area contributed by atoms with Crippen molar-refractivity contribution in [2.45, 2.75) is 26.2 Å². The second kappa shape index (κ2) is 5.82. The number of piperidine rings is 1. The van der Waals surface area contributed by atoms with Gasteiger partial charge in [-0.25, -0.2) is 15.2 Å². The third kappa shape index (κ3) is 2.61. The van der Waals surface area contributed by atoms with Gasteiger partial charge in [-0.2, -0.15) is 0 Å². The largest absolute Gasteiger partial charge is 0.339 e. The Bertz CT molecular complexity index is 415. The van der Waals surface area contributed by atoms with Crippen LogP contribution in [-0.4, -0.2) is 36.1 Å².